The predicted molar refractivity (Wildman–Crippen MR) is 57.4 cm³/mol. The number of aromatic amines is 1. The van der Waals surface area contributed by atoms with Crippen molar-refractivity contribution in [3.8, 4) is 0 Å². The summed E-state index contributed by atoms with van der Waals surface area (Å²) < 4.78 is 0. The van der Waals surface area contributed by atoms with Gasteiger partial charge in [0.2, 0.25) is 5.82 Å². The van der Waals surface area contributed by atoms with Gasteiger partial charge in [0.05, 0.1) is 11.3 Å². The lowest BCUT2D eigenvalue weighted by atomic mass is 10.2. The minimum absolute atomic E-state index is 0.0700. The normalized spacial score (nSPS) is 16.2. The first-order valence-corrected chi connectivity index (χ1v) is 5.17. The van der Waals surface area contributed by atoms with Crippen LogP contribution in [0.4, 0.5) is 11.5 Å². The topological polar surface area (TPSA) is 101 Å². The highest BCUT2D eigenvalue weighted by molar-refractivity contribution is 5.54. The molecule has 1 aromatic heterocycles. The Balaban J connectivity index is 2.28. The van der Waals surface area contributed by atoms with Crippen LogP contribution >= 0.6 is 0 Å². The summed E-state index contributed by atoms with van der Waals surface area (Å²) in [7, 11) is 0. The van der Waals surface area contributed by atoms with Crippen molar-refractivity contribution in [2.24, 2.45) is 0 Å². The van der Waals surface area contributed by atoms with Crippen molar-refractivity contribution < 1.29 is 4.92 Å². The van der Waals surface area contributed by atoms with Crippen LogP contribution in [0.25, 0.3) is 0 Å². The van der Waals surface area contributed by atoms with Gasteiger partial charge < -0.3 is 10.3 Å². The zero-order valence-corrected chi connectivity index (χ0v) is 8.60. The van der Waals surface area contributed by atoms with Crippen LogP contribution in [0.1, 0.15) is 25.7 Å². The molecule has 1 fully saturated rings. The van der Waals surface area contributed by atoms with Gasteiger partial charge >= 0.3 is 11.2 Å². The van der Waals surface area contributed by atoms with Gasteiger partial charge in [0, 0.05) is 6.04 Å². The van der Waals surface area contributed by atoms with E-state index >= 15 is 0 Å². The van der Waals surface area contributed by atoms with E-state index in [4.69, 9.17) is 0 Å². The maximum atomic E-state index is 11.3. The Bertz CT molecular complexity index is 450. The predicted octanol–water partition coefficient (Wildman–Crippen LogP) is 1.03. The quantitative estimate of drug-likeness (QED) is 0.589. The number of aromatic nitrogens is 2. The Kier molecular flexibility index (Phi) is 2.84. The van der Waals surface area contributed by atoms with E-state index in [1.807, 2.05) is 0 Å². The first-order valence-electron chi connectivity index (χ1n) is 5.17. The highest BCUT2D eigenvalue weighted by Gasteiger charge is 2.24. The molecule has 1 aromatic rings. The maximum Gasteiger partial charge on any atom is 0.375 e. The third kappa shape index (κ3) is 2.02. The van der Waals surface area contributed by atoms with Crippen molar-refractivity contribution >= 4 is 11.5 Å². The molecule has 0 saturated heterocycles. The van der Waals surface area contributed by atoms with E-state index in [2.05, 4.69) is 15.3 Å². The van der Waals surface area contributed by atoms with Gasteiger partial charge in [-0.05, 0) is 12.8 Å². The van der Waals surface area contributed by atoms with E-state index in [9.17, 15) is 14.9 Å². The lowest BCUT2D eigenvalue weighted by Crippen LogP contribution is -2.21. The van der Waals surface area contributed by atoms with Crippen molar-refractivity contribution in [1.29, 1.82) is 0 Å². The van der Waals surface area contributed by atoms with Gasteiger partial charge in [-0.3, -0.25) is 14.9 Å². The summed E-state index contributed by atoms with van der Waals surface area (Å²) in [5.74, 6) is 0.0700. The molecule has 0 radical (unpaired) electrons. The second-order valence-electron chi connectivity index (χ2n) is 3.81. The molecule has 1 aliphatic carbocycles. The molecule has 0 aliphatic heterocycles. The molecule has 2 N–H and O–H groups in total. The van der Waals surface area contributed by atoms with Crippen molar-refractivity contribution in [3.63, 3.8) is 0 Å². The first-order chi connectivity index (χ1) is 7.68. The van der Waals surface area contributed by atoms with Gasteiger partial charge in [0.15, 0.2) is 0 Å². The summed E-state index contributed by atoms with van der Waals surface area (Å²) in [5, 5.41) is 13.7. The third-order valence-corrected chi connectivity index (χ3v) is 2.71. The molecule has 7 nitrogen and oxygen atoms in total. The maximum absolute atomic E-state index is 11.3. The van der Waals surface area contributed by atoms with Crippen molar-refractivity contribution in [2.75, 3.05) is 5.32 Å². The fourth-order valence-corrected chi connectivity index (χ4v) is 1.93. The standard InChI is InChI=1S/C9H12N4O3/c14-9-7(13(15)16)8(10-5-11-9)12-6-3-1-2-4-6/h5-6H,1-4H2,(H2,10,11,12,14). The van der Waals surface area contributed by atoms with E-state index < -0.39 is 16.2 Å². The van der Waals surface area contributed by atoms with E-state index in [0.29, 0.717) is 0 Å². The van der Waals surface area contributed by atoms with Gasteiger partial charge in [-0.1, -0.05) is 12.8 Å². The number of H-pyrrole nitrogens is 1. The zero-order chi connectivity index (χ0) is 11.5. The smallest absolute Gasteiger partial charge is 0.361 e. The van der Waals surface area contributed by atoms with E-state index in [0.717, 1.165) is 25.7 Å². The zero-order valence-electron chi connectivity index (χ0n) is 8.60. The first kappa shape index (κ1) is 10.6. The molecule has 0 amide bonds. The SMILES string of the molecule is O=c1[nH]cnc(NC2CCCC2)c1[N+](=O)[O-]. The average Bonchev–Trinajstić information content (AvgIpc) is 2.70. The molecular formula is C9H12N4O3. The van der Waals surface area contributed by atoms with Gasteiger partial charge in [-0.25, -0.2) is 4.98 Å². The largest absolute Gasteiger partial charge is 0.375 e. The van der Waals surface area contributed by atoms with Crippen LogP contribution in [0.15, 0.2) is 11.1 Å². The second-order valence-corrected chi connectivity index (χ2v) is 3.81. The summed E-state index contributed by atoms with van der Waals surface area (Å²) in [6.45, 7) is 0. The molecule has 0 aromatic carbocycles. The Morgan fingerprint density at radius 3 is 2.81 bits per heavy atom. The average molecular weight is 224 g/mol. The van der Waals surface area contributed by atoms with Gasteiger partial charge in [-0.2, -0.15) is 0 Å². The van der Waals surface area contributed by atoms with Gasteiger partial charge in [-0.15, -0.1) is 0 Å². The number of nitro groups is 1. The molecule has 7 heteroatoms. The highest BCUT2D eigenvalue weighted by Crippen LogP contribution is 2.24. The number of nitrogens with one attached hydrogen (secondary N) is 2. The minimum atomic E-state index is -0.722. The monoisotopic (exact) mass is 224 g/mol. The number of rotatable bonds is 3. The molecule has 86 valence electrons. The lowest BCUT2D eigenvalue weighted by molar-refractivity contribution is -0.385. The van der Waals surface area contributed by atoms with Crippen molar-refractivity contribution in [2.45, 2.75) is 31.7 Å². The van der Waals surface area contributed by atoms with Crippen molar-refractivity contribution in [3.05, 3.63) is 26.8 Å². The number of hydrogen-bond acceptors (Lipinski definition) is 5. The lowest BCUT2D eigenvalue weighted by Gasteiger charge is -2.11. The van der Waals surface area contributed by atoms with Crippen LogP contribution in [-0.2, 0) is 0 Å². The van der Waals surface area contributed by atoms with Crippen LogP contribution in [-0.4, -0.2) is 20.9 Å². The molecule has 16 heavy (non-hydrogen) atoms. The summed E-state index contributed by atoms with van der Waals surface area (Å²) >= 11 is 0. The molecule has 1 saturated carbocycles. The molecule has 0 unspecified atom stereocenters. The molecule has 1 heterocycles. The summed E-state index contributed by atoms with van der Waals surface area (Å²) in [6.07, 6.45) is 5.31. The molecule has 1 aliphatic rings. The molecule has 2 rings (SSSR count). The van der Waals surface area contributed by atoms with Gasteiger partial charge in [0.25, 0.3) is 0 Å². The Hall–Kier alpha value is -1.92. The van der Waals surface area contributed by atoms with Crippen LogP contribution in [0.2, 0.25) is 0 Å². The molecule has 0 atom stereocenters. The van der Waals surface area contributed by atoms with Crippen LogP contribution in [0, 0.1) is 10.1 Å². The van der Waals surface area contributed by atoms with E-state index in [1.165, 1.54) is 6.33 Å². The van der Waals surface area contributed by atoms with Crippen molar-refractivity contribution in [1.82, 2.24) is 9.97 Å². The molecule has 0 spiro atoms. The summed E-state index contributed by atoms with van der Waals surface area (Å²) in [5.41, 5.74) is -1.23. The Morgan fingerprint density at radius 1 is 1.50 bits per heavy atom. The number of hydrogen-bond donors (Lipinski definition) is 2. The number of anilines is 1. The fraction of sp³-hybridized carbons (Fsp3) is 0.556. The number of nitrogens with zero attached hydrogens (tertiary/aromatic N) is 2. The van der Waals surface area contributed by atoms with Gasteiger partial charge in [0.1, 0.15) is 0 Å². The molecule has 0 bridgehead atoms. The Morgan fingerprint density at radius 2 is 2.19 bits per heavy atom. The summed E-state index contributed by atoms with van der Waals surface area (Å²) in [6, 6.07) is 0.188. The minimum Gasteiger partial charge on any atom is -0.361 e. The fourth-order valence-electron chi connectivity index (χ4n) is 1.93. The van der Waals surface area contributed by atoms with E-state index in [1.54, 1.807) is 0 Å². The van der Waals surface area contributed by atoms with Crippen LogP contribution < -0.4 is 10.9 Å². The summed E-state index contributed by atoms with van der Waals surface area (Å²) in [4.78, 5) is 27.3. The van der Waals surface area contributed by atoms with E-state index in [-0.39, 0.29) is 11.9 Å². The second kappa shape index (κ2) is 4.30. The van der Waals surface area contributed by atoms with Crippen LogP contribution in [0.5, 0.6) is 0 Å². The Labute approximate surface area is 91.1 Å². The third-order valence-electron chi connectivity index (χ3n) is 2.71. The molecular weight excluding hydrogens is 212 g/mol. The van der Waals surface area contributed by atoms with Crippen LogP contribution in [0.3, 0.4) is 0 Å². The highest BCUT2D eigenvalue weighted by atomic mass is 16.6.